The zero-order chi connectivity index (χ0) is 13.7. The van der Waals surface area contributed by atoms with Crippen LogP contribution in [-0.4, -0.2) is 42.2 Å². The lowest BCUT2D eigenvalue weighted by atomic mass is 9.96. The minimum atomic E-state index is -0.698. The molecule has 1 aliphatic rings. The molecule has 0 aliphatic carbocycles. The van der Waals surface area contributed by atoms with Gasteiger partial charge in [0, 0.05) is 24.7 Å². The number of likely N-dealkylation sites (tertiary alicyclic amines) is 1. The summed E-state index contributed by atoms with van der Waals surface area (Å²) in [6.45, 7) is 3.42. The number of nitrogens with zero attached hydrogens (tertiary/aromatic N) is 1. The number of carboxylic acid groups (broad SMARTS) is 1. The Labute approximate surface area is 117 Å². The predicted octanol–water partition coefficient (Wildman–Crippen LogP) is 2.52. The monoisotopic (exact) mass is 283 g/mol. The maximum Gasteiger partial charge on any atom is 0.303 e. The summed E-state index contributed by atoms with van der Waals surface area (Å²) in [5.41, 5.74) is 0. The van der Waals surface area contributed by atoms with Crippen molar-refractivity contribution in [2.75, 3.05) is 26.2 Å². The van der Waals surface area contributed by atoms with Gasteiger partial charge in [0.15, 0.2) is 0 Å². The third-order valence-corrected chi connectivity index (χ3v) is 3.45. The molecule has 5 heteroatoms. The van der Waals surface area contributed by atoms with Crippen LogP contribution in [0.1, 0.15) is 12.8 Å². The lowest BCUT2D eigenvalue weighted by Gasteiger charge is -2.38. The Morgan fingerprint density at radius 2 is 2.05 bits per heavy atom. The zero-order valence-electron chi connectivity index (χ0n) is 10.7. The van der Waals surface area contributed by atoms with Crippen molar-refractivity contribution in [3.8, 4) is 5.75 Å². The van der Waals surface area contributed by atoms with E-state index in [4.69, 9.17) is 21.4 Å². The summed E-state index contributed by atoms with van der Waals surface area (Å²) in [6.07, 6.45) is 1.24. The summed E-state index contributed by atoms with van der Waals surface area (Å²) in [5, 5.41) is 9.35. The van der Waals surface area contributed by atoms with Crippen LogP contribution in [0.4, 0.5) is 0 Å². The van der Waals surface area contributed by atoms with Crippen LogP contribution >= 0.6 is 11.6 Å². The van der Waals surface area contributed by atoms with Crippen LogP contribution in [0.3, 0.4) is 0 Å². The summed E-state index contributed by atoms with van der Waals surface area (Å²) < 4.78 is 5.59. The van der Waals surface area contributed by atoms with Crippen LogP contribution in [0.5, 0.6) is 5.75 Å². The average molecular weight is 284 g/mol. The van der Waals surface area contributed by atoms with Gasteiger partial charge in [-0.3, -0.25) is 4.79 Å². The highest BCUT2D eigenvalue weighted by molar-refractivity contribution is 6.30. The molecular formula is C14H18ClNO3. The quantitative estimate of drug-likeness (QED) is 0.781. The maximum atomic E-state index is 10.5. The number of aliphatic carboxylic acids is 1. The number of ether oxygens (including phenoxy) is 1. The van der Waals surface area contributed by atoms with E-state index in [1.54, 1.807) is 0 Å². The number of benzene rings is 1. The second kappa shape index (κ2) is 6.78. The highest BCUT2D eigenvalue weighted by Gasteiger charge is 2.27. The normalized spacial score (nSPS) is 16.1. The van der Waals surface area contributed by atoms with Crippen molar-refractivity contribution in [1.82, 2.24) is 4.90 Å². The van der Waals surface area contributed by atoms with Crippen molar-refractivity contribution < 1.29 is 14.6 Å². The summed E-state index contributed by atoms with van der Waals surface area (Å²) >= 11 is 5.79. The first kappa shape index (κ1) is 14.2. The first-order valence-corrected chi connectivity index (χ1v) is 6.84. The first-order chi connectivity index (χ1) is 9.13. The molecule has 0 radical (unpaired) electrons. The van der Waals surface area contributed by atoms with Gasteiger partial charge >= 0.3 is 5.97 Å². The fraction of sp³-hybridized carbons (Fsp3) is 0.500. The lowest BCUT2D eigenvalue weighted by molar-refractivity contribution is -0.139. The molecule has 1 saturated heterocycles. The largest absolute Gasteiger partial charge is 0.494 e. The van der Waals surface area contributed by atoms with E-state index in [1.165, 1.54) is 0 Å². The Hall–Kier alpha value is -1.26. The van der Waals surface area contributed by atoms with Gasteiger partial charge in [-0.1, -0.05) is 11.6 Å². The second-order valence-corrected chi connectivity index (χ2v) is 5.32. The van der Waals surface area contributed by atoms with E-state index in [2.05, 4.69) is 4.90 Å². The summed E-state index contributed by atoms with van der Waals surface area (Å²) in [7, 11) is 0. The lowest BCUT2D eigenvalue weighted by Crippen LogP contribution is -2.47. The van der Waals surface area contributed by atoms with E-state index in [1.807, 2.05) is 24.3 Å². The number of carbonyl (C=O) groups is 1. The number of hydrogen-bond donors (Lipinski definition) is 1. The van der Waals surface area contributed by atoms with Gasteiger partial charge in [-0.25, -0.2) is 0 Å². The molecule has 0 spiro atoms. The average Bonchev–Trinajstić information content (AvgIpc) is 2.32. The highest BCUT2D eigenvalue weighted by Crippen LogP contribution is 2.19. The van der Waals surface area contributed by atoms with E-state index in [9.17, 15) is 4.79 Å². The van der Waals surface area contributed by atoms with Crippen LogP contribution < -0.4 is 4.74 Å². The van der Waals surface area contributed by atoms with Crippen molar-refractivity contribution in [2.45, 2.75) is 12.8 Å². The maximum absolute atomic E-state index is 10.5. The molecule has 1 aromatic rings. The Morgan fingerprint density at radius 3 is 2.68 bits per heavy atom. The Balaban J connectivity index is 1.54. The van der Waals surface area contributed by atoms with Gasteiger partial charge in [-0.15, -0.1) is 0 Å². The molecule has 0 aromatic heterocycles. The Kier molecular flexibility index (Phi) is 5.05. The minimum absolute atomic E-state index is 0.289. The van der Waals surface area contributed by atoms with Crippen LogP contribution in [0.2, 0.25) is 5.02 Å². The van der Waals surface area contributed by atoms with Crippen LogP contribution in [0, 0.1) is 5.92 Å². The van der Waals surface area contributed by atoms with E-state index in [0.717, 1.165) is 31.8 Å². The SMILES string of the molecule is O=C(O)CC1CN(CCCOc2ccc(Cl)cc2)C1. The molecule has 1 fully saturated rings. The molecule has 0 amide bonds. The molecule has 0 bridgehead atoms. The van der Waals surface area contributed by atoms with Gasteiger partial charge < -0.3 is 14.7 Å². The molecule has 4 nitrogen and oxygen atoms in total. The predicted molar refractivity (Wildman–Crippen MR) is 73.7 cm³/mol. The molecule has 0 saturated carbocycles. The molecule has 2 rings (SSSR count). The summed E-state index contributed by atoms with van der Waals surface area (Å²) in [6, 6.07) is 7.33. The van der Waals surface area contributed by atoms with E-state index >= 15 is 0 Å². The molecule has 0 unspecified atom stereocenters. The van der Waals surface area contributed by atoms with Crippen molar-refractivity contribution in [2.24, 2.45) is 5.92 Å². The summed E-state index contributed by atoms with van der Waals surface area (Å²) in [5.74, 6) is 0.460. The Bertz CT molecular complexity index is 415. The third kappa shape index (κ3) is 4.73. The molecule has 1 aromatic carbocycles. The Morgan fingerprint density at radius 1 is 1.37 bits per heavy atom. The van der Waals surface area contributed by atoms with Gasteiger partial charge in [0.25, 0.3) is 0 Å². The molecular weight excluding hydrogens is 266 g/mol. The number of hydrogen-bond acceptors (Lipinski definition) is 3. The third-order valence-electron chi connectivity index (χ3n) is 3.20. The smallest absolute Gasteiger partial charge is 0.303 e. The molecule has 104 valence electrons. The fourth-order valence-corrected chi connectivity index (χ4v) is 2.37. The number of halogens is 1. The van der Waals surface area contributed by atoms with Crippen LogP contribution in [-0.2, 0) is 4.79 Å². The van der Waals surface area contributed by atoms with Gasteiger partial charge in [0.2, 0.25) is 0 Å². The van der Waals surface area contributed by atoms with Crippen molar-refractivity contribution in [3.63, 3.8) is 0 Å². The van der Waals surface area contributed by atoms with Gasteiger partial charge in [-0.05, 0) is 36.6 Å². The topological polar surface area (TPSA) is 49.8 Å². The minimum Gasteiger partial charge on any atom is -0.494 e. The number of rotatable bonds is 7. The van der Waals surface area contributed by atoms with Crippen molar-refractivity contribution in [1.29, 1.82) is 0 Å². The molecule has 1 heterocycles. The van der Waals surface area contributed by atoms with E-state index in [-0.39, 0.29) is 6.42 Å². The fourth-order valence-electron chi connectivity index (χ4n) is 2.24. The van der Waals surface area contributed by atoms with Gasteiger partial charge in [0.1, 0.15) is 5.75 Å². The van der Waals surface area contributed by atoms with Gasteiger partial charge in [0.05, 0.1) is 13.0 Å². The van der Waals surface area contributed by atoms with E-state index in [0.29, 0.717) is 17.5 Å². The van der Waals surface area contributed by atoms with E-state index < -0.39 is 5.97 Å². The van der Waals surface area contributed by atoms with Crippen LogP contribution in [0.25, 0.3) is 0 Å². The summed E-state index contributed by atoms with van der Waals surface area (Å²) in [4.78, 5) is 12.8. The van der Waals surface area contributed by atoms with Crippen molar-refractivity contribution >= 4 is 17.6 Å². The molecule has 19 heavy (non-hydrogen) atoms. The number of carboxylic acids is 1. The second-order valence-electron chi connectivity index (χ2n) is 4.88. The highest BCUT2D eigenvalue weighted by atomic mass is 35.5. The first-order valence-electron chi connectivity index (χ1n) is 6.46. The van der Waals surface area contributed by atoms with Crippen LogP contribution in [0.15, 0.2) is 24.3 Å². The molecule has 0 atom stereocenters. The molecule has 1 N–H and O–H groups in total. The zero-order valence-corrected chi connectivity index (χ0v) is 11.5. The standard InChI is InChI=1S/C14H18ClNO3/c15-12-2-4-13(5-3-12)19-7-1-6-16-9-11(10-16)8-14(17)18/h2-5,11H,1,6-10H2,(H,17,18). The molecule has 1 aliphatic heterocycles. The van der Waals surface area contributed by atoms with Crippen molar-refractivity contribution in [3.05, 3.63) is 29.3 Å². The van der Waals surface area contributed by atoms with Gasteiger partial charge in [-0.2, -0.15) is 0 Å².